The number of hydrogen-bond acceptors (Lipinski definition) is 7. The monoisotopic (exact) mass is 297 g/mol. The highest BCUT2D eigenvalue weighted by atomic mass is 32.1. The zero-order valence-electron chi connectivity index (χ0n) is 10.8. The quantitative estimate of drug-likeness (QED) is 0.224. The number of rotatable bonds is 10. The molecule has 0 aliphatic heterocycles. The third-order valence-electron chi connectivity index (χ3n) is 2.77. The fraction of sp³-hybridized carbons (Fsp3) is 0.909. The summed E-state index contributed by atoms with van der Waals surface area (Å²) >= 11 is 3.70. The van der Waals surface area contributed by atoms with Gasteiger partial charge in [-0.1, -0.05) is 13.3 Å². The molecule has 19 heavy (non-hydrogen) atoms. The van der Waals surface area contributed by atoms with Crippen molar-refractivity contribution in [1.82, 2.24) is 5.32 Å². The molecule has 0 heterocycles. The van der Waals surface area contributed by atoms with E-state index in [2.05, 4.69) is 17.9 Å². The molecule has 0 aromatic carbocycles. The molecule has 0 amide bonds. The maximum Gasteiger partial charge on any atom is 0.202 e. The minimum Gasteiger partial charge on any atom is -0.394 e. The molecule has 0 aromatic heterocycles. The first-order valence-corrected chi connectivity index (χ1v) is 6.59. The average Bonchev–Trinajstić information content (AvgIpc) is 2.39. The highest BCUT2D eigenvalue weighted by Crippen LogP contribution is 2.06. The SMILES string of the molecule is CCCC(NCC(O)C(O)C(O)C(O)CO)C(=O)S. The van der Waals surface area contributed by atoms with Gasteiger partial charge in [0, 0.05) is 6.54 Å². The van der Waals surface area contributed by atoms with Crippen LogP contribution in [0.15, 0.2) is 0 Å². The molecule has 0 radical (unpaired) electrons. The van der Waals surface area contributed by atoms with E-state index in [-0.39, 0.29) is 11.7 Å². The number of nitrogens with one attached hydrogen (secondary N) is 1. The van der Waals surface area contributed by atoms with Crippen LogP contribution in [0.5, 0.6) is 0 Å². The maximum atomic E-state index is 11.1. The molecule has 0 aromatic rings. The molecule has 0 fully saturated rings. The standard InChI is InChI=1S/C11H23NO6S/c1-2-3-6(11(18)19)12-4-7(14)9(16)10(17)8(15)5-13/h6-10,12-17H,2-5H2,1H3,(H,18,19). The summed E-state index contributed by atoms with van der Waals surface area (Å²) in [5.41, 5.74) is 0. The zero-order chi connectivity index (χ0) is 15.0. The van der Waals surface area contributed by atoms with Crippen LogP contribution in [0, 0.1) is 0 Å². The Hall–Kier alpha value is -0.220. The van der Waals surface area contributed by atoms with Gasteiger partial charge < -0.3 is 30.8 Å². The van der Waals surface area contributed by atoms with Crippen molar-refractivity contribution in [2.24, 2.45) is 0 Å². The van der Waals surface area contributed by atoms with E-state index in [0.717, 1.165) is 6.42 Å². The topological polar surface area (TPSA) is 130 Å². The minimum absolute atomic E-state index is 0.145. The van der Waals surface area contributed by atoms with Crippen molar-refractivity contribution in [3.63, 3.8) is 0 Å². The van der Waals surface area contributed by atoms with E-state index in [0.29, 0.717) is 6.42 Å². The van der Waals surface area contributed by atoms with Crippen LogP contribution >= 0.6 is 12.6 Å². The molecule has 0 aliphatic rings. The number of carbonyl (C=O) groups is 1. The summed E-state index contributed by atoms with van der Waals surface area (Å²) < 4.78 is 0. The Bertz CT molecular complexity index is 268. The van der Waals surface area contributed by atoms with E-state index in [1.165, 1.54) is 0 Å². The van der Waals surface area contributed by atoms with Gasteiger partial charge in [0.2, 0.25) is 5.12 Å². The van der Waals surface area contributed by atoms with E-state index < -0.39 is 37.1 Å². The van der Waals surface area contributed by atoms with E-state index in [9.17, 15) is 20.1 Å². The number of carbonyl (C=O) groups excluding carboxylic acids is 1. The van der Waals surface area contributed by atoms with Gasteiger partial charge in [-0.25, -0.2) is 0 Å². The Labute approximate surface area is 117 Å². The van der Waals surface area contributed by atoms with Gasteiger partial charge in [-0.2, -0.15) is 0 Å². The van der Waals surface area contributed by atoms with Gasteiger partial charge in [-0.3, -0.25) is 4.79 Å². The molecule has 7 nitrogen and oxygen atoms in total. The first-order chi connectivity index (χ1) is 8.84. The molecule has 5 atom stereocenters. The lowest BCUT2D eigenvalue weighted by Gasteiger charge is -2.26. The largest absolute Gasteiger partial charge is 0.394 e. The lowest BCUT2D eigenvalue weighted by molar-refractivity contribution is -0.117. The summed E-state index contributed by atoms with van der Waals surface area (Å²) in [6, 6.07) is -0.546. The van der Waals surface area contributed by atoms with Gasteiger partial charge in [0.1, 0.15) is 18.3 Å². The Balaban J connectivity index is 4.28. The van der Waals surface area contributed by atoms with E-state index in [1.807, 2.05) is 6.92 Å². The first kappa shape index (κ1) is 18.8. The van der Waals surface area contributed by atoms with Gasteiger partial charge in [0.05, 0.1) is 18.8 Å². The number of aliphatic hydroxyl groups is 5. The predicted molar refractivity (Wildman–Crippen MR) is 71.8 cm³/mol. The van der Waals surface area contributed by atoms with Crippen LogP contribution in [0.1, 0.15) is 19.8 Å². The normalized spacial score (nSPS) is 19.5. The van der Waals surface area contributed by atoms with Crippen molar-refractivity contribution < 1.29 is 30.3 Å². The van der Waals surface area contributed by atoms with Gasteiger partial charge in [0.15, 0.2) is 0 Å². The molecule has 0 bridgehead atoms. The molecule has 0 spiro atoms. The second-order valence-corrected chi connectivity index (χ2v) is 4.83. The first-order valence-electron chi connectivity index (χ1n) is 6.14. The minimum atomic E-state index is -1.67. The number of thiol groups is 1. The summed E-state index contributed by atoms with van der Waals surface area (Å²) in [6.07, 6.45) is -4.95. The van der Waals surface area contributed by atoms with Crippen LogP contribution in [0.3, 0.4) is 0 Å². The molecule has 8 heteroatoms. The summed E-state index contributed by atoms with van der Waals surface area (Å²) in [4.78, 5) is 11.1. The smallest absolute Gasteiger partial charge is 0.202 e. The third-order valence-corrected chi connectivity index (χ3v) is 3.09. The van der Waals surface area contributed by atoms with Crippen molar-refractivity contribution in [1.29, 1.82) is 0 Å². The fourth-order valence-corrected chi connectivity index (χ4v) is 1.77. The molecule has 114 valence electrons. The summed E-state index contributed by atoms with van der Waals surface area (Å²) in [5.74, 6) is 0. The molecule has 5 unspecified atom stereocenters. The van der Waals surface area contributed by atoms with E-state index in [4.69, 9.17) is 10.2 Å². The fourth-order valence-electron chi connectivity index (χ4n) is 1.55. The van der Waals surface area contributed by atoms with Crippen molar-refractivity contribution >= 4 is 17.7 Å². The maximum absolute atomic E-state index is 11.1. The number of hydrogen-bond donors (Lipinski definition) is 7. The Kier molecular flexibility index (Phi) is 9.54. The van der Waals surface area contributed by atoms with Crippen LogP contribution in [-0.2, 0) is 4.79 Å². The van der Waals surface area contributed by atoms with Crippen LogP contribution < -0.4 is 5.32 Å². The average molecular weight is 297 g/mol. The second-order valence-electron chi connectivity index (χ2n) is 4.39. The summed E-state index contributed by atoms with van der Waals surface area (Å²) in [5, 5.41) is 48.7. The van der Waals surface area contributed by atoms with Gasteiger partial charge in [0.25, 0.3) is 0 Å². The molecule has 0 saturated carbocycles. The molecule has 0 saturated heterocycles. The van der Waals surface area contributed by atoms with Crippen LogP contribution in [0.4, 0.5) is 0 Å². The van der Waals surface area contributed by atoms with Crippen molar-refractivity contribution in [3.05, 3.63) is 0 Å². The van der Waals surface area contributed by atoms with E-state index >= 15 is 0 Å². The van der Waals surface area contributed by atoms with Crippen LogP contribution in [0.25, 0.3) is 0 Å². The van der Waals surface area contributed by atoms with Crippen molar-refractivity contribution in [2.75, 3.05) is 13.2 Å². The molecule has 0 aliphatic carbocycles. The predicted octanol–water partition coefficient (Wildman–Crippen LogP) is -2.36. The highest BCUT2D eigenvalue weighted by molar-refractivity contribution is 7.96. The van der Waals surface area contributed by atoms with Gasteiger partial charge in [-0.15, -0.1) is 12.6 Å². The molecule has 6 N–H and O–H groups in total. The Morgan fingerprint density at radius 3 is 2.11 bits per heavy atom. The Morgan fingerprint density at radius 2 is 1.68 bits per heavy atom. The summed E-state index contributed by atoms with van der Waals surface area (Å²) in [6.45, 7) is 1.01. The van der Waals surface area contributed by atoms with E-state index in [1.54, 1.807) is 0 Å². The zero-order valence-corrected chi connectivity index (χ0v) is 11.7. The summed E-state index contributed by atoms with van der Waals surface area (Å²) in [7, 11) is 0. The lowest BCUT2D eigenvalue weighted by Crippen LogP contribution is -2.50. The second kappa shape index (κ2) is 9.65. The van der Waals surface area contributed by atoms with Gasteiger partial charge in [-0.05, 0) is 6.42 Å². The van der Waals surface area contributed by atoms with Gasteiger partial charge >= 0.3 is 0 Å². The van der Waals surface area contributed by atoms with Crippen LogP contribution in [-0.4, -0.2) is 74.3 Å². The highest BCUT2D eigenvalue weighted by Gasteiger charge is 2.30. The lowest BCUT2D eigenvalue weighted by atomic mass is 10.0. The molecular formula is C11H23NO6S. The molecular weight excluding hydrogens is 274 g/mol. The number of aliphatic hydroxyl groups excluding tert-OH is 5. The third kappa shape index (κ3) is 6.66. The van der Waals surface area contributed by atoms with Crippen LogP contribution in [0.2, 0.25) is 0 Å². The Morgan fingerprint density at radius 1 is 1.16 bits per heavy atom. The molecule has 0 rings (SSSR count). The van der Waals surface area contributed by atoms with Crippen molar-refractivity contribution in [3.8, 4) is 0 Å². The van der Waals surface area contributed by atoms with Crippen molar-refractivity contribution in [2.45, 2.75) is 50.2 Å².